The molecule has 0 bridgehead atoms. The van der Waals surface area contributed by atoms with Crippen molar-refractivity contribution >= 4 is 27.4 Å². The number of hydrogen-bond acceptors (Lipinski definition) is 3. The highest BCUT2D eigenvalue weighted by atomic mass is 79.9. The lowest BCUT2D eigenvalue weighted by Crippen LogP contribution is -2.02. The van der Waals surface area contributed by atoms with Gasteiger partial charge in [-0.1, -0.05) is 0 Å². The third kappa shape index (κ3) is 3.15. The van der Waals surface area contributed by atoms with Crippen LogP contribution >= 0.6 is 15.9 Å². The predicted molar refractivity (Wildman–Crippen MR) is 79.6 cm³/mol. The van der Waals surface area contributed by atoms with E-state index in [1.54, 1.807) is 42.5 Å². The molecule has 0 aliphatic carbocycles. The average Bonchev–Trinajstić information content (AvgIpc) is 2.42. The van der Waals surface area contributed by atoms with Crippen LogP contribution in [0.25, 0.3) is 0 Å². The highest BCUT2D eigenvalue weighted by Crippen LogP contribution is 2.22. The maximum absolute atomic E-state index is 12.3. The quantitative estimate of drug-likeness (QED) is 0.691. The van der Waals surface area contributed by atoms with Gasteiger partial charge in [0.25, 0.3) is 0 Å². The Bertz CT molecular complexity index is 594. The molecular weight excluding hydrogens is 306 g/mol. The molecule has 0 atom stereocenters. The zero-order valence-corrected chi connectivity index (χ0v) is 12.1. The number of rotatable bonds is 4. The summed E-state index contributed by atoms with van der Waals surface area (Å²) in [7, 11) is 0. The lowest BCUT2D eigenvalue weighted by molar-refractivity contribution is 0.103. The van der Waals surface area contributed by atoms with Crippen molar-refractivity contribution in [1.82, 2.24) is 0 Å². The van der Waals surface area contributed by atoms with Crippen LogP contribution in [0.3, 0.4) is 0 Å². The fraction of sp³-hybridized carbons (Fsp3) is 0.133. The maximum Gasteiger partial charge on any atom is 0.193 e. The molecule has 0 radical (unpaired) electrons. The number of ether oxygens (including phenoxy) is 1. The minimum Gasteiger partial charge on any atom is -0.494 e. The van der Waals surface area contributed by atoms with Gasteiger partial charge in [-0.25, -0.2) is 0 Å². The lowest BCUT2D eigenvalue weighted by Gasteiger charge is -2.06. The highest BCUT2D eigenvalue weighted by Gasteiger charge is 2.10. The third-order valence-electron chi connectivity index (χ3n) is 2.69. The number of anilines is 1. The summed E-state index contributed by atoms with van der Waals surface area (Å²) in [6, 6.07) is 12.3. The third-order valence-corrected chi connectivity index (χ3v) is 3.38. The molecule has 2 N–H and O–H groups in total. The second-order valence-electron chi connectivity index (χ2n) is 4.02. The second kappa shape index (κ2) is 5.89. The van der Waals surface area contributed by atoms with Gasteiger partial charge in [0.05, 0.1) is 6.61 Å². The van der Waals surface area contributed by atoms with Crippen LogP contribution in [0.2, 0.25) is 0 Å². The van der Waals surface area contributed by atoms with Crippen LogP contribution < -0.4 is 10.5 Å². The smallest absolute Gasteiger partial charge is 0.193 e. The Labute approximate surface area is 120 Å². The Hall–Kier alpha value is -1.81. The molecule has 0 fully saturated rings. The standard InChI is InChI=1S/C15H14BrNO2/c1-2-19-12-6-3-10(4-7-12)15(18)11-5-8-14(17)13(16)9-11/h3-9H,2,17H2,1H3. The first-order chi connectivity index (χ1) is 9.11. The lowest BCUT2D eigenvalue weighted by atomic mass is 10.0. The topological polar surface area (TPSA) is 52.3 Å². The van der Waals surface area contributed by atoms with Crippen LogP contribution in [0.5, 0.6) is 5.75 Å². The molecule has 0 heterocycles. The van der Waals surface area contributed by atoms with E-state index in [0.29, 0.717) is 23.4 Å². The zero-order valence-electron chi connectivity index (χ0n) is 10.5. The molecule has 2 rings (SSSR count). The molecule has 2 aromatic rings. The van der Waals surface area contributed by atoms with Gasteiger partial charge in [-0.3, -0.25) is 4.79 Å². The van der Waals surface area contributed by atoms with Crippen molar-refractivity contribution in [1.29, 1.82) is 0 Å². The first-order valence-electron chi connectivity index (χ1n) is 5.94. The predicted octanol–water partition coefficient (Wildman–Crippen LogP) is 3.66. The van der Waals surface area contributed by atoms with Gasteiger partial charge in [0, 0.05) is 21.3 Å². The molecule has 4 heteroatoms. The van der Waals surface area contributed by atoms with E-state index in [9.17, 15) is 4.79 Å². The Morgan fingerprint density at radius 1 is 1.16 bits per heavy atom. The molecule has 2 aromatic carbocycles. The van der Waals surface area contributed by atoms with Gasteiger partial charge in [0.2, 0.25) is 0 Å². The van der Waals surface area contributed by atoms with E-state index in [1.807, 2.05) is 6.92 Å². The van der Waals surface area contributed by atoms with Crippen LogP contribution in [-0.2, 0) is 0 Å². The number of carbonyl (C=O) groups excluding carboxylic acids is 1. The van der Waals surface area contributed by atoms with Crippen LogP contribution in [0.4, 0.5) is 5.69 Å². The van der Waals surface area contributed by atoms with E-state index in [0.717, 1.165) is 10.2 Å². The van der Waals surface area contributed by atoms with Crippen LogP contribution in [0, 0.1) is 0 Å². The summed E-state index contributed by atoms with van der Waals surface area (Å²) >= 11 is 3.32. The molecule has 0 unspecified atom stereocenters. The summed E-state index contributed by atoms with van der Waals surface area (Å²) < 4.78 is 6.07. The molecule has 98 valence electrons. The molecule has 0 aromatic heterocycles. The molecule has 3 nitrogen and oxygen atoms in total. The van der Waals surface area contributed by atoms with Gasteiger partial charge >= 0.3 is 0 Å². The Morgan fingerprint density at radius 3 is 2.37 bits per heavy atom. The molecule has 19 heavy (non-hydrogen) atoms. The van der Waals surface area contributed by atoms with Crippen molar-refractivity contribution in [2.45, 2.75) is 6.92 Å². The van der Waals surface area contributed by atoms with Crippen molar-refractivity contribution in [3.05, 3.63) is 58.1 Å². The van der Waals surface area contributed by atoms with Gasteiger partial charge in [-0.15, -0.1) is 0 Å². The maximum atomic E-state index is 12.3. The highest BCUT2D eigenvalue weighted by molar-refractivity contribution is 9.10. The van der Waals surface area contributed by atoms with Gasteiger partial charge in [-0.2, -0.15) is 0 Å². The number of ketones is 1. The van der Waals surface area contributed by atoms with Gasteiger partial charge in [0.1, 0.15) is 5.75 Å². The average molecular weight is 320 g/mol. The van der Waals surface area contributed by atoms with Gasteiger partial charge in [0.15, 0.2) is 5.78 Å². The van der Waals surface area contributed by atoms with E-state index in [4.69, 9.17) is 10.5 Å². The van der Waals surface area contributed by atoms with Crippen molar-refractivity contribution < 1.29 is 9.53 Å². The summed E-state index contributed by atoms with van der Waals surface area (Å²) in [5.74, 6) is 0.723. The summed E-state index contributed by atoms with van der Waals surface area (Å²) in [6.45, 7) is 2.53. The van der Waals surface area contributed by atoms with Crippen LogP contribution in [-0.4, -0.2) is 12.4 Å². The fourth-order valence-corrected chi connectivity index (χ4v) is 2.08. The molecule has 0 aliphatic rings. The molecule has 0 amide bonds. The van der Waals surface area contributed by atoms with Crippen LogP contribution in [0.1, 0.15) is 22.8 Å². The summed E-state index contributed by atoms with van der Waals surface area (Å²) in [4.78, 5) is 12.3. The summed E-state index contributed by atoms with van der Waals surface area (Å²) in [5, 5.41) is 0. The SMILES string of the molecule is CCOc1ccc(C(=O)c2ccc(N)c(Br)c2)cc1. The molecule has 0 aliphatic heterocycles. The second-order valence-corrected chi connectivity index (χ2v) is 4.88. The monoisotopic (exact) mass is 319 g/mol. The minimum atomic E-state index is -0.0382. The van der Waals surface area contributed by atoms with Crippen molar-refractivity contribution in [2.24, 2.45) is 0 Å². The first kappa shape index (κ1) is 13.6. The van der Waals surface area contributed by atoms with Crippen LogP contribution in [0.15, 0.2) is 46.9 Å². The molecule has 0 saturated carbocycles. The number of carbonyl (C=O) groups is 1. The number of nitrogens with two attached hydrogens (primary N) is 1. The van der Waals surface area contributed by atoms with Crippen molar-refractivity contribution in [3.8, 4) is 5.75 Å². The normalized spacial score (nSPS) is 10.2. The van der Waals surface area contributed by atoms with Gasteiger partial charge in [-0.05, 0) is 65.3 Å². The van der Waals surface area contributed by atoms with E-state index in [1.165, 1.54) is 0 Å². The Balaban J connectivity index is 2.25. The van der Waals surface area contributed by atoms with E-state index < -0.39 is 0 Å². The summed E-state index contributed by atoms with van der Waals surface area (Å²) in [6.07, 6.45) is 0. The summed E-state index contributed by atoms with van der Waals surface area (Å²) in [5.41, 5.74) is 7.55. The molecule has 0 spiro atoms. The zero-order chi connectivity index (χ0) is 13.8. The Kier molecular flexibility index (Phi) is 4.22. The molecular formula is C15H14BrNO2. The van der Waals surface area contributed by atoms with Gasteiger partial charge < -0.3 is 10.5 Å². The number of benzene rings is 2. The van der Waals surface area contributed by atoms with E-state index >= 15 is 0 Å². The minimum absolute atomic E-state index is 0.0382. The van der Waals surface area contributed by atoms with Crippen molar-refractivity contribution in [3.63, 3.8) is 0 Å². The number of nitrogen functional groups attached to an aromatic ring is 1. The van der Waals surface area contributed by atoms with Crippen molar-refractivity contribution in [2.75, 3.05) is 12.3 Å². The number of hydrogen-bond donors (Lipinski definition) is 1. The van der Waals surface area contributed by atoms with E-state index in [-0.39, 0.29) is 5.78 Å². The largest absolute Gasteiger partial charge is 0.494 e. The molecule has 0 saturated heterocycles. The number of halogens is 1. The fourth-order valence-electron chi connectivity index (χ4n) is 1.70. The Morgan fingerprint density at radius 2 is 1.79 bits per heavy atom. The van der Waals surface area contributed by atoms with E-state index in [2.05, 4.69) is 15.9 Å². The first-order valence-corrected chi connectivity index (χ1v) is 6.73.